The molecule has 2 aromatic rings. The molecule has 2 N–H and O–H groups in total. The monoisotopic (exact) mass is 355 g/mol. The van der Waals surface area contributed by atoms with E-state index in [-0.39, 0.29) is 11.3 Å². The van der Waals surface area contributed by atoms with Crippen LogP contribution < -0.4 is 5.32 Å². The van der Waals surface area contributed by atoms with E-state index < -0.39 is 29.1 Å². The van der Waals surface area contributed by atoms with Crippen LogP contribution in [0.3, 0.4) is 0 Å². The number of carbonyl (C=O) groups is 2. The SMILES string of the molecule is O=C(O)c1cc(Br)cc(NC(=O)c2cccc(F)c2F)c1. The highest BCUT2D eigenvalue weighted by molar-refractivity contribution is 9.10. The topological polar surface area (TPSA) is 66.4 Å². The van der Waals surface area contributed by atoms with Gasteiger partial charge in [0.2, 0.25) is 0 Å². The zero-order valence-corrected chi connectivity index (χ0v) is 11.9. The fourth-order valence-electron chi connectivity index (χ4n) is 1.66. The molecule has 0 atom stereocenters. The quantitative estimate of drug-likeness (QED) is 0.882. The first-order chi connectivity index (χ1) is 9.88. The number of benzene rings is 2. The molecule has 0 bridgehead atoms. The Kier molecular flexibility index (Phi) is 4.32. The lowest BCUT2D eigenvalue weighted by atomic mass is 10.1. The van der Waals surface area contributed by atoms with Crippen LogP contribution in [0, 0.1) is 11.6 Å². The minimum Gasteiger partial charge on any atom is -0.478 e. The number of carboxylic acids is 1. The summed E-state index contributed by atoms with van der Waals surface area (Å²) in [6, 6.07) is 7.24. The average Bonchev–Trinajstić information content (AvgIpc) is 2.41. The predicted molar refractivity (Wildman–Crippen MR) is 75.4 cm³/mol. The molecule has 7 heteroatoms. The zero-order valence-electron chi connectivity index (χ0n) is 10.4. The molecule has 0 spiro atoms. The Morgan fingerprint density at radius 3 is 2.52 bits per heavy atom. The minimum absolute atomic E-state index is 0.0561. The van der Waals surface area contributed by atoms with Gasteiger partial charge in [0, 0.05) is 10.2 Å². The van der Waals surface area contributed by atoms with Crippen molar-refractivity contribution >= 4 is 33.5 Å². The van der Waals surface area contributed by atoms with Crippen molar-refractivity contribution in [1.82, 2.24) is 0 Å². The van der Waals surface area contributed by atoms with Crippen molar-refractivity contribution in [2.45, 2.75) is 0 Å². The fraction of sp³-hybridized carbons (Fsp3) is 0. The molecule has 0 saturated carbocycles. The van der Waals surface area contributed by atoms with Gasteiger partial charge >= 0.3 is 5.97 Å². The van der Waals surface area contributed by atoms with Crippen molar-refractivity contribution in [3.05, 3.63) is 63.6 Å². The molecule has 0 heterocycles. The molecule has 0 aliphatic rings. The second-order valence-electron chi connectivity index (χ2n) is 4.09. The van der Waals surface area contributed by atoms with E-state index >= 15 is 0 Å². The van der Waals surface area contributed by atoms with Crippen molar-refractivity contribution in [1.29, 1.82) is 0 Å². The molecular formula is C14H8BrF2NO3. The Hall–Kier alpha value is -2.28. The third-order valence-electron chi connectivity index (χ3n) is 2.60. The second kappa shape index (κ2) is 6.01. The number of carbonyl (C=O) groups excluding carboxylic acids is 1. The van der Waals surface area contributed by atoms with Crippen LogP contribution >= 0.6 is 15.9 Å². The Bertz CT molecular complexity index is 734. The highest BCUT2D eigenvalue weighted by atomic mass is 79.9. The lowest BCUT2D eigenvalue weighted by molar-refractivity contribution is 0.0696. The lowest BCUT2D eigenvalue weighted by Gasteiger charge is -2.08. The van der Waals surface area contributed by atoms with Crippen LogP contribution in [-0.4, -0.2) is 17.0 Å². The van der Waals surface area contributed by atoms with Crippen molar-refractivity contribution in [3.8, 4) is 0 Å². The van der Waals surface area contributed by atoms with Gasteiger partial charge in [0.05, 0.1) is 11.1 Å². The molecule has 0 aliphatic heterocycles. The molecule has 0 aliphatic carbocycles. The number of halogens is 3. The van der Waals surface area contributed by atoms with Crippen LogP contribution in [0.5, 0.6) is 0 Å². The summed E-state index contributed by atoms with van der Waals surface area (Å²) in [7, 11) is 0. The number of hydrogen-bond acceptors (Lipinski definition) is 2. The van der Waals surface area contributed by atoms with Crippen LogP contribution in [0.2, 0.25) is 0 Å². The van der Waals surface area contributed by atoms with Crippen LogP contribution in [-0.2, 0) is 0 Å². The van der Waals surface area contributed by atoms with Crippen LogP contribution in [0.15, 0.2) is 40.9 Å². The number of amides is 1. The summed E-state index contributed by atoms with van der Waals surface area (Å²) >= 11 is 3.10. The maximum atomic E-state index is 13.5. The molecule has 2 rings (SSSR count). The Morgan fingerprint density at radius 2 is 1.86 bits per heavy atom. The highest BCUT2D eigenvalue weighted by Crippen LogP contribution is 2.21. The molecule has 2 aromatic carbocycles. The fourth-order valence-corrected chi connectivity index (χ4v) is 2.16. The van der Waals surface area contributed by atoms with Gasteiger partial charge in [-0.1, -0.05) is 22.0 Å². The minimum atomic E-state index is -1.26. The molecule has 0 saturated heterocycles. The maximum Gasteiger partial charge on any atom is 0.335 e. The molecule has 0 unspecified atom stereocenters. The smallest absolute Gasteiger partial charge is 0.335 e. The predicted octanol–water partition coefficient (Wildman–Crippen LogP) is 3.68. The van der Waals surface area contributed by atoms with E-state index in [4.69, 9.17) is 5.11 Å². The number of aromatic carboxylic acids is 1. The Morgan fingerprint density at radius 1 is 1.14 bits per heavy atom. The molecule has 0 aromatic heterocycles. The van der Waals surface area contributed by atoms with Gasteiger partial charge in [-0.25, -0.2) is 13.6 Å². The normalized spacial score (nSPS) is 10.2. The third kappa shape index (κ3) is 3.43. The molecule has 0 radical (unpaired) electrons. The van der Waals surface area contributed by atoms with Gasteiger partial charge in [0.1, 0.15) is 0 Å². The van der Waals surface area contributed by atoms with Gasteiger partial charge in [-0.3, -0.25) is 4.79 Å². The first kappa shape index (κ1) is 15.1. The lowest BCUT2D eigenvalue weighted by Crippen LogP contribution is -2.15. The summed E-state index contributed by atoms with van der Waals surface area (Å²) in [5, 5.41) is 11.2. The zero-order chi connectivity index (χ0) is 15.6. The van der Waals surface area contributed by atoms with Crippen LogP contribution in [0.25, 0.3) is 0 Å². The van der Waals surface area contributed by atoms with Crippen molar-refractivity contribution < 1.29 is 23.5 Å². The van der Waals surface area contributed by atoms with E-state index in [9.17, 15) is 18.4 Å². The summed E-state index contributed by atoms with van der Waals surface area (Å²) in [6.07, 6.45) is 0. The number of nitrogens with one attached hydrogen (secondary N) is 1. The Labute approximate surface area is 126 Å². The highest BCUT2D eigenvalue weighted by Gasteiger charge is 2.16. The van der Waals surface area contributed by atoms with Crippen molar-refractivity contribution in [2.75, 3.05) is 5.32 Å². The number of carboxylic acid groups (broad SMARTS) is 1. The maximum absolute atomic E-state index is 13.5. The molecule has 21 heavy (non-hydrogen) atoms. The van der Waals surface area contributed by atoms with E-state index in [1.807, 2.05) is 0 Å². The molecular weight excluding hydrogens is 348 g/mol. The summed E-state index contributed by atoms with van der Waals surface area (Å²) < 4.78 is 27.0. The van der Waals surface area contributed by atoms with Crippen LogP contribution in [0.4, 0.5) is 14.5 Å². The van der Waals surface area contributed by atoms with Gasteiger partial charge < -0.3 is 10.4 Å². The number of anilines is 1. The molecule has 1 amide bonds. The second-order valence-corrected chi connectivity index (χ2v) is 5.00. The van der Waals surface area contributed by atoms with Crippen molar-refractivity contribution in [2.24, 2.45) is 0 Å². The van der Waals surface area contributed by atoms with Gasteiger partial charge in [-0.15, -0.1) is 0 Å². The first-order valence-electron chi connectivity index (χ1n) is 5.67. The van der Waals surface area contributed by atoms with Gasteiger partial charge in [0.25, 0.3) is 5.91 Å². The number of rotatable bonds is 3. The molecule has 0 fully saturated rings. The summed E-state index contributed by atoms with van der Waals surface area (Å²) in [6.45, 7) is 0. The van der Waals surface area contributed by atoms with E-state index in [2.05, 4.69) is 21.2 Å². The molecule has 108 valence electrons. The van der Waals surface area contributed by atoms with Crippen molar-refractivity contribution in [3.63, 3.8) is 0 Å². The summed E-state index contributed by atoms with van der Waals surface area (Å²) in [5.74, 6) is -4.45. The Balaban J connectivity index is 2.31. The van der Waals surface area contributed by atoms with Gasteiger partial charge in [-0.2, -0.15) is 0 Å². The van der Waals surface area contributed by atoms with Gasteiger partial charge in [0.15, 0.2) is 11.6 Å². The van der Waals surface area contributed by atoms with E-state index in [0.717, 1.165) is 12.1 Å². The standard InChI is InChI=1S/C14H8BrF2NO3/c15-8-4-7(14(20)21)5-9(6-8)18-13(19)10-2-1-3-11(16)12(10)17/h1-6H,(H,18,19)(H,20,21). The largest absolute Gasteiger partial charge is 0.478 e. The number of hydrogen-bond donors (Lipinski definition) is 2. The van der Waals surface area contributed by atoms with Crippen LogP contribution in [0.1, 0.15) is 20.7 Å². The molecule has 4 nitrogen and oxygen atoms in total. The van der Waals surface area contributed by atoms with E-state index in [0.29, 0.717) is 4.47 Å². The first-order valence-corrected chi connectivity index (χ1v) is 6.47. The third-order valence-corrected chi connectivity index (χ3v) is 3.06. The average molecular weight is 356 g/mol. The van der Waals surface area contributed by atoms with Gasteiger partial charge in [-0.05, 0) is 30.3 Å². The van der Waals surface area contributed by atoms with E-state index in [1.54, 1.807) is 0 Å². The van der Waals surface area contributed by atoms with E-state index in [1.165, 1.54) is 24.3 Å². The summed E-state index contributed by atoms with van der Waals surface area (Å²) in [4.78, 5) is 22.8. The summed E-state index contributed by atoms with van der Waals surface area (Å²) in [5.41, 5.74) is -0.373.